The summed E-state index contributed by atoms with van der Waals surface area (Å²) in [5.74, 6) is -2.52. The molecular formula is C19H26ClF2N5. The lowest BCUT2D eigenvalue weighted by atomic mass is 9.93. The lowest BCUT2D eigenvalue weighted by Crippen LogP contribution is -2.39. The average molecular weight is 398 g/mol. The summed E-state index contributed by atoms with van der Waals surface area (Å²) in [7, 11) is 0. The molecule has 27 heavy (non-hydrogen) atoms. The van der Waals surface area contributed by atoms with Crippen LogP contribution in [0.15, 0.2) is 6.20 Å². The fourth-order valence-electron chi connectivity index (χ4n) is 3.02. The van der Waals surface area contributed by atoms with Gasteiger partial charge in [-0.2, -0.15) is 5.26 Å². The molecule has 0 aliphatic heterocycles. The van der Waals surface area contributed by atoms with Crippen LogP contribution < -0.4 is 5.32 Å². The number of hydrogen-bond donors (Lipinski definition) is 1. The minimum absolute atomic E-state index is 0.00548. The zero-order chi connectivity index (χ0) is 20.4. The smallest absolute Gasteiger partial charge is 0.267 e. The van der Waals surface area contributed by atoms with Gasteiger partial charge in [-0.1, -0.05) is 52.6 Å². The van der Waals surface area contributed by atoms with E-state index >= 15 is 0 Å². The van der Waals surface area contributed by atoms with Crippen LogP contribution in [0, 0.1) is 17.2 Å². The molecule has 0 aliphatic rings. The summed E-state index contributed by atoms with van der Waals surface area (Å²) < 4.78 is 30.1. The third kappa shape index (κ3) is 4.16. The Balaban J connectivity index is 2.55. The molecule has 0 bridgehead atoms. The zero-order valence-electron chi connectivity index (χ0n) is 16.4. The van der Waals surface area contributed by atoms with Gasteiger partial charge in [0.2, 0.25) is 5.95 Å². The largest absolute Gasteiger partial charge is 0.344 e. The summed E-state index contributed by atoms with van der Waals surface area (Å²) >= 11 is 6.35. The molecule has 2 heterocycles. The average Bonchev–Trinajstić information content (AvgIpc) is 2.91. The molecule has 148 valence electrons. The van der Waals surface area contributed by atoms with Crippen molar-refractivity contribution in [3.63, 3.8) is 0 Å². The quantitative estimate of drug-likeness (QED) is 0.625. The molecule has 0 amide bonds. The topological polar surface area (TPSA) is 66.0 Å². The molecule has 2 aromatic rings. The summed E-state index contributed by atoms with van der Waals surface area (Å²) in [5.41, 5.74) is 1.52. The van der Waals surface area contributed by atoms with Gasteiger partial charge in [0.1, 0.15) is 11.6 Å². The van der Waals surface area contributed by atoms with Crippen LogP contribution in [0.4, 0.5) is 14.7 Å². The van der Waals surface area contributed by atoms with Crippen molar-refractivity contribution in [2.45, 2.75) is 71.8 Å². The maximum Gasteiger partial charge on any atom is 0.267 e. The highest BCUT2D eigenvalue weighted by atomic mass is 35.5. The second-order valence-electron chi connectivity index (χ2n) is 7.20. The molecular weight excluding hydrogens is 372 g/mol. The van der Waals surface area contributed by atoms with E-state index in [-0.39, 0.29) is 29.2 Å². The van der Waals surface area contributed by atoms with Crippen molar-refractivity contribution in [1.29, 1.82) is 5.26 Å². The van der Waals surface area contributed by atoms with Gasteiger partial charge in [0, 0.05) is 12.3 Å². The van der Waals surface area contributed by atoms with Gasteiger partial charge in [-0.25, -0.2) is 18.3 Å². The third-order valence-corrected chi connectivity index (χ3v) is 5.45. The predicted molar refractivity (Wildman–Crippen MR) is 104 cm³/mol. The van der Waals surface area contributed by atoms with Crippen LogP contribution in [0.25, 0.3) is 5.52 Å². The number of anilines is 1. The molecule has 1 N–H and O–H groups in total. The molecule has 0 saturated heterocycles. The van der Waals surface area contributed by atoms with Gasteiger partial charge in [-0.3, -0.25) is 0 Å². The number of aromatic nitrogens is 3. The predicted octanol–water partition coefficient (Wildman–Crippen LogP) is 5.64. The lowest BCUT2D eigenvalue weighted by Gasteiger charge is -2.26. The highest BCUT2D eigenvalue weighted by Gasteiger charge is 2.37. The van der Waals surface area contributed by atoms with Crippen LogP contribution in [0.2, 0.25) is 5.02 Å². The maximum absolute atomic E-state index is 14.3. The Morgan fingerprint density at radius 1 is 1.33 bits per heavy atom. The lowest BCUT2D eigenvalue weighted by molar-refractivity contribution is -0.0246. The molecule has 0 saturated carbocycles. The van der Waals surface area contributed by atoms with Gasteiger partial charge in [-0.05, 0) is 12.3 Å². The Kier molecular flexibility index (Phi) is 6.63. The minimum Gasteiger partial charge on any atom is -0.344 e. The Bertz CT molecular complexity index is 841. The molecule has 2 atom stereocenters. The number of rotatable bonds is 8. The fraction of sp³-hybridized carbons (Fsp3) is 0.632. The summed E-state index contributed by atoms with van der Waals surface area (Å²) in [6, 6.07) is 1.08. The van der Waals surface area contributed by atoms with Crippen molar-refractivity contribution in [2.24, 2.45) is 5.92 Å². The van der Waals surface area contributed by atoms with Gasteiger partial charge in [0.15, 0.2) is 0 Å². The van der Waals surface area contributed by atoms with E-state index in [2.05, 4.69) is 21.5 Å². The van der Waals surface area contributed by atoms with Crippen LogP contribution in [-0.4, -0.2) is 26.6 Å². The number of nitriles is 1. The van der Waals surface area contributed by atoms with E-state index in [1.54, 1.807) is 4.52 Å². The number of fused-ring (bicyclic) bond motifs is 1. The van der Waals surface area contributed by atoms with Crippen molar-refractivity contribution < 1.29 is 8.78 Å². The first-order valence-corrected chi connectivity index (χ1v) is 9.67. The molecule has 2 unspecified atom stereocenters. The molecule has 2 rings (SSSR count). The van der Waals surface area contributed by atoms with Crippen LogP contribution in [0.1, 0.15) is 71.1 Å². The molecule has 0 radical (unpaired) electrons. The zero-order valence-corrected chi connectivity index (χ0v) is 17.1. The first-order valence-electron chi connectivity index (χ1n) is 9.29. The normalized spacial score (nSPS) is 14.4. The van der Waals surface area contributed by atoms with Crippen molar-refractivity contribution in [2.75, 3.05) is 5.32 Å². The SMILES string of the molecule is CCCC(Nc1ncc2c(Cl)c(C#N)c(C(C)C(C)C)n2n1)C(F)(F)CC. The first kappa shape index (κ1) is 21.4. The van der Waals surface area contributed by atoms with Crippen molar-refractivity contribution >= 4 is 23.1 Å². The van der Waals surface area contributed by atoms with Crippen molar-refractivity contribution in [3.8, 4) is 6.07 Å². The van der Waals surface area contributed by atoms with Gasteiger partial charge in [-0.15, -0.1) is 5.10 Å². The van der Waals surface area contributed by atoms with Gasteiger partial charge < -0.3 is 5.32 Å². The number of hydrogen-bond acceptors (Lipinski definition) is 4. The highest BCUT2D eigenvalue weighted by Crippen LogP contribution is 2.35. The van der Waals surface area contributed by atoms with Crippen LogP contribution in [-0.2, 0) is 0 Å². The Hall–Kier alpha value is -1.94. The van der Waals surface area contributed by atoms with E-state index in [1.165, 1.54) is 13.1 Å². The van der Waals surface area contributed by atoms with E-state index in [4.69, 9.17) is 11.6 Å². The molecule has 8 heteroatoms. The van der Waals surface area contributed by atoms with E-state index < -0.39 is 12.0 Å². The molecule has 0 spiro atoms. The van der Waals surface area contributed by atoms with Crippen LogP contribution in [0.3, 0.4) is 0 Å². The van der Waals surface area contributed by atoms with Crippen molar-refractivity contribution in [1.82, 2.24) is 14.6 Å². The van der Waals surface area contributed by atoms with E-state index in [0.717, 1.165) is 0 Å². The summed E-state index contributed by atoms with van der Waals surface area (Å²) in [4.78, 5) is 4.16. The highest BCUT2D eigenvalue weighted by molar-refractivity contribution is 6.35. The Morgan fingerprint density at radius 2 is 2.00 bits per heavy atom. The van der Waals surface area contributed by atoms with Crippen LogP contribution in [0.5, 0.6) is 0 Å². The molecule has 2 aromatic heterocycles. The summed E-state index contributed by atoms with van der Waals surface area (Å²) in [5, 5.41) is 17.0. The number of alkyl halides is 2. The van der Waals surface area contributed by atoms with E-state index in [9.17, 15) is 14.0 Å². The summed E-state index contributed by atoms with van der Waals surface area (Å²) in [6.45, 7) is 9.39. The monoisotopic (exact) mass is 397 g/mol. The van der Waals surface area contributed by atoms with E-state index in [0.29, 0.717) is 29.6 Å². The standard InChI is InChI=1S/C19H26ClF2N5/c1-6-8-15(19(21,22)7-2)25-18-24-10-14-16(20)13(9-23)17(27(14)26-18)12(5)11(3)4/h10-12,15H,6-8H2,1-5H3,(H,25,26). The second-order valence-corrected chi connectivity index (χ2v) is 7.58. The van der Waals surface area contributed by atoms with Gasteiger partial charge >= 0.3 is 0 Å². The Labute approximate surface area is 163 Å². The maximum atomic E-state index is 14.3. The first-order chi connectivity index (χ1) is 12.7. The third-order valence-electron chi connectivity index (χ3n) is 5.07. The second kappa shape index (κ2) is 8.39. The molecule has 0 fully saturated rings. The Morgan fingerprint density at radius 3 is 2.52 bits per heavy atom. The van der Waals surface area contributed by atoms with Gasteiger partial charge in [0.25, 0.3) is 5.92 Å². The fourth-order valence-corrected chi connectivity index (χ4v) is 3.29. The molecule has 5 nitrogen and oxygen atoms in total. The van der Waals surface area contributed by atoms with Gasteiger partial charge in [0.05, 0.1) is 28.5 Å². The van der Waals surface area contributed by atoms with Crippen LogP contribution >= 0.6 is 11.6 Å². The van der Waals surface area contributed by atoms with Crippen molar-refractivity contribution in [3.05, 3.63) is 22.5 Å². The molecule has 0 aromatic carbocycles. The number of nitrogens with zero attached hydrogens (tertiary/aromatic N) is 4. The van der Waals surface area contributed by atoms with E-state index in [1.807, 2.05) is 27.7 Å². The number of halogens is 3. The number of nitrogens with one attached hydrogen (secondary N) is 1. The summed E-state index contributed by atoms with van der Waals surface area (Å²) in [6.07, 6.45) is 2.12. The minimum atomic E-state index is -2.87. The molecule has 0 aliphatic carbocycles.